The van der Waals surface area contributed by atoms with Crippen LogP contribution in [-0.2, 0) is 17.6 Å². The Morgan fingerprint density at radius 3 is 2.31 bits per heavy atom. The number of aliphatic carboxylic acids is 1. The average Bonchev–Trinajstić information content (AvgIpc) is 3.34. The Balaban J connectivity index is 1.32. The van der Waals surface area contributed by atoms with Gasteiger partial charge in [-0.3, -0.25) is 4.79 Å². The van der Waals surface area contributed by atoms with Crippen LogP contribution in [0.3, 0.4) is 0 Å². The molecule has 4 rings (SSSR count). The van der Waals surface area contributed by atoms with E-state index in [9.17, 15) is 14.7 Å². The molecule has 3 aromatic carbocycles. The summed E-state index contributed by atoms with van der Waals surface area (Å²) >= 11 is 0. The molecule has 0 radical (unpaired) electrons. The molecule has 39 heavy (non-hydrogen) atoms. The van der Waals surface area contributed by atoms with Gasteiger partial charge in [-0.25, -0.2) is 9.78 Å². The molecule has 1 heterocycles. The zero-order chi connectivity index (χ0) is 27.6. The number of benzene rings is 3. The quantitative estimate of drug-likeness (QED) is 0.163. The number of hydrogen-bond donors (Lipinski definition) is 2. The number of carbonyl (C=O) groups excluding carboxylic acids is 1. The van der Waals surface area contributed by atoms with Crippen molar-refractivity contribution < 1.29 is 23.8 Å². The topological polar surface area (TPSA) is 102 Å². The van der Waals surface area contributed by atoms with Crippen molar-refractivity contribution >= 4 is 11.8 Å². The van der Waals surface area contributed by atoms with Crippen LogP contribution in [-0.4, -0.2) is 34.5 Å². The van der Waals surface area contributed by atoms with Crippen LogP contribution in [0.4, 0.5) is 0 Å². The zero-order valence-electron chi connectivity index (χ0n) is 22.1. The maximum Gasteiger partial charge on any atom is 0.326 e. The molecule has 0 saturated heterocycles. The molecule has 4 aromatic rings. The molecule has 0 aliphatic rings. The van der Waals surface area contributed by atoms with Gasteiger partial charge in [0.05, 0.1) is 12.3 Å². The number of nitrogens with zero attached hydrogens (tertiary/aromatic N) is 1. The third-order valence-electron chi connectivity index (χ3n) is 6.29. The number of carbonyl (C=O) groups is 2. The Morgan fingerprint density at radius 1 is 1.00 bits per heavy atom. The molecular weight excluding hydrogens is 492 g/mol. The molecule has 0 fully saturated rings. The van der Waals surface area contributed by atoms with E-state index in [-0.39, 0.29) is 12.2 Å². The number of allylic oxidation sites excluding steroid dienone is 2. The summed E-state index contributed by atoms with van der Waals surface area (Å²) in [5.41, 5.74) is 3.76. The molecule has 0 unspecified atom stereocenters. The molecule has 7 nitrogen and oxygen atoms in total. The Morgan fingerprint density at radius 2 is 1.67 bits per heavy atom. The molecule has 0 aliphatic heterocycles. The Bertz CT molecular complexity index is 1410. The summed E-state index contributed by atoms with van der Waals surface area (Å²) in [4.78, 5) is 29.1. The predicted octanol–water partition coefficient (Wildman–Crippen LogP) is 6.03. The van der Waals surface area contributed by atoms with E-state index in [4.69, 9.17) is 9.15 Å². The third-order valence-corrected chi connectivity index (χ3v) is 6.29. The van der Waals surface area contributed by atoms with E-state index >= 15 is 0 Å². The van der Waals surface area contributed by atoms with E-state index in [1.807, 2.05) is 74.5 Å². The van der Waals surface area contributed by atoms with Gasteiger partial charge in [-0.2, -0.15) is 0 Å². The molecule has 2 N–H and O–H groups in total. The number of aryl methyl sites for hydroxylation is 1. The molecule has 0 bridgehead atoms. The van der Waals surface area contributed by atoms with Crippen LogP contribution in [0.1, 0.15) is 40.7 Å². The molecule has 200 valence electrons. The van der Waals surface area contributed by atoms with Crippen LogP contribution in [0.2, 0.25) is 0 Å². The molecule has 1 aromatic heterocycles. The third kappa shape index (κ3) is 7.68. The largest absolute Gasteiger partial charge is 0.493 e. The number of oxazole rings is 1. The van der Waals surface area contributed by atoms with Crippen molar-refractivity contribution in [2.75, 3.05) is 6.61 Å². The lowest BCUT2D eigenvalue weighted by atomic mass is 10.0. The van der Waals surface area contributed by atoms with Gasteiger partial charge in [-0.15, -0.1) is 0 Å². The summed E-state index contributed by atoms with van der Waals surface area (Å²) in [6.07, 6.45) is 2.84. The summed E-state index contributed by atoms with van der Waals surface area (Å²) in [6, 6.07) is 25.2. The SMILES string of the molecule is CCC(=CC(=O)c1ccccc1)N[C@@H](Cc1ccc(OCCc2nc(-c3ccccc3)oc2C)cc1)C(=O)O. The van der Waals surface area contributed by atoms with Gasteiger partial charge in [0.25, 0.3) is 0 Å². The van der Waals surface area contributed by atoms with Crippen LogP contribution in [0.5, 0.6) is 5.75 Å². The fourth-order valence-electron chi connectivity index (χ4n) is 4.10. The lowest BCUT2D eigenvalue weighted by molar-refractivity contribution is -0.139. The fraction of sp³-hybridized carbons (Fsp3) is 0.219. The number of aromatic nitrogens is 1. The number of ketones is 1. The summed E-state index contributed by atoms with van der Waals surface area (Å²) in [5, 5.41) is 12.8. The maximum absolute atomic E-state index is 12.5. The molecule has 0 spiro atoms. The summed E-state index contributed by atoms with van der Waals surface area (Å²) in [6.45, 7) is 4.21. The minimum absolute atomic E-state index is 0.164. The van der Waals surface area contributed by atoms with E-state index in [1.54, 1.807) is 24.3 Å². The summed E-state index contributed by atoms with van der Waals surface area (Å²) < 4.78 is 11.7. The van der Waals surface area contributed by atoms with Crippen molar-refractivity contribution in [3.63, 3.8) is 0 Å². The first-order valence-electron chi connectivity index (χ1n) is 13.0. The monoisotopic (exact) mass is 524 g/mol. The second-order valence-corrected chi connectivity index (χ2v) is 9.12. The first-order valence-corrected chi connectivity index (χ1v) is 13.0. The van der Waals surface area contributed by atoms with Gasteiger partial charge in [0.1, 0.15) is 17.6 Å². The second-order valence-electron chi connectivity index (χ2n) is 9.12. The minimum Gasteiger partial charge on any atom is -0.493 e. The number of nitrogens with one attached hydrogen (secondary N) is 1. The highest BCUT2D eigenvalue weighted by Crippen LogP contribution is 2.22. The number of rotatable bonds is 13. The number of hydrogen-bond acceptors (Lipinski definition) is 6. The summed E-state index contributed by atoms with van der Waals surface area (Å²) in [5.74, 6) is 0.901. The average molecular weight is 525 g/mol. The first-order chi connectivity index (χ1) is 18.9. The van der Waals surface area contributed by atoms with Gasteiger partial charge < -0.3 is 19.6 Å². The highest BCUT2D eigenvalue weighted by molar-refractivity contribution is 6.04. The molecular formula is C32H32N2O5. The molecule has 0 aliphatic carbocycles. The van der Waals surface area contributed by atoms with Crippen molar-refractivity contribution in [3.8, 4) is 17.2 Å². The van der Waals surface area contributed by atoms with Gasteiger partial charge in [-0.1, -0.05) is 67.6 Å². The Hall–Kier alpha value is -4.65. The zero-order valence-corrected chi connectivity index (χ0v) is 22.1. The van der Waals surface area contributed by atoms with Crippen molar-refractivity contribution in [1.82, 2.24) is 10.3 Å². The van der Waals surface area contributed by atoms with Crippen LogP contribution < -0.4 is 10.1 Å². The molecule has 0 saturated carbocycles. The van der Waals surface area contributed by atoms with Gasteiger partial charge >= 0.3 is 5.97 Å². The normalized spacial score (nSPS) is 12.1. The highest BCUT2D eigenvalue weighted by Gasteiger charge is 2.19. The fourth-order valence-corrected chi connectivity index (χ4v) is 4.10. The van der Waals surface area contributed by atoms with Crippen molar-refractivity contribution in [2.24, 2.45) is 0 Å². The van der Waals surface area contributed by atoms with Crippen LogP contribution in [0.15, 0.2) is 101 Å². The van der Waals surface area contributed by atoms with Crippen molar-refractivity contribution in [2.45, 2.75) is 39.2 Å². The van der Waals surface area contributed by atoms with E-state index in [2.05, 4.69) is 10.3 Å². The smallest absolute Gasteiger partial charge is 0.326 e. The van der Waals surface area contributed by atoms with Crippen LogP contribution in [0, 0.1) is 6.92 Å². The minimum atomic E-state index is -0.986. The molecule has 0 amide bonds. The van der Waals surface area contributed by atoms with Crippen LogP contribution >= 0.6 is 0 Å². The number of carboxylic acid groups (broad SMARTS) is 1. The predicted molar refractivity (Wildman–Crippen MR) is 150 cm³/mol. The molecule has 1 atom stereocenters. The summed E-state index contributed by atoms with van der Waals surface area (Å²) in [7, 11) is 0. The van der Waals surface area contributed by atoms with E-state index in [0.29, 0.717) is 42.3 Å². The van der Waals surface area contributed by atoms with Gasteiger partial charge in [0, 0.05) is 35.7 Å². The lowest BCUT2D eigenvalue weighted by Gasteiger charge is -2.18. The lowest BCUT2D eigenvalue weighted by Crippen LogP contribution is -2.38. The van der Waals surface area contributed by atoms with Crippen molar-refractivity contribution in [3.05, 3.63) is 119 Å². The Labute approximate surface area is 228 Å². The van der Waals surface area contributed by atoms with Crippen LogP contribution in [0.25, 0.3) is 11.5 Å². The van der Waals surface area contributed by atoms with Gasteiger partial charge in [0.15, 0.2) is 5.78 Å². The van der Waals surface area contributed by atoms with E-state index < -0.39 is 12.0 Å². The van der Waals surface area contributed by atoms with E-state index in [1.165, 1.54) is 6.08 Å². The second kappa shape index (κ2) is 13.2. The highest BCUT2D eigenvalue weighted by atomic mass is 16.5. The van der Waals surface area contributed by atoms with Crippen molar-refractivity contribution in [1.29, 1.82) is 0 Å². The number of ether oxygens (including phenoxy) is 1. The first kappa shape index (κ1) is 27.4. The number of carboxylic acids is 1. The molecule has 7 heteroatoms. The Kier molecular flexibility index (Phi) is 9.29. The maximum atomic E-state index is 12.5. The van der Waals surface area contributed by atoms with Gasteiger partial charge in [0.2, 0.25) is 5.89 Å². The van der Waals surface area contributed by atoms with Gasteiger partial charge in [-0.05, 0) is 43.2 Å². The standard InChI is InChI=1S/C32H32N2O5/c1-3-26(21-30(35)24-10-6-4-7-11-24)33-29(32(36)37)20-23-14-16-27(17-15-23)38-19-18-28-22(2)39-31(34-28)25-12-8-5-9-13-25/h4-17,21,29,33H,3,18-20H2,1-2H3,(H,36,37)/t29-/m0/s1. The van der Waals surface area contributed by atoms with E-state index in [0.717, 1.165) is 22.6 Å².